The predicted octanol–water partition coefficient (Wildman–Crippen LogP) is 8.46. The largest absolute Gasteiger partial charge is 0.427 e. The Morgan fingerprint density at radius 1 is 0.765 bits per heavy atom. The molecule has 5 aromatic carbocycles. The molecule has 0 radical (unpaired) electrons. The van der Waals surface area contributed by atoms with Crippen LogP contribution in [0.25, 0.3) is 41.7 Å². The molecule has 0 spiro atoms. The van der Waals surface area contributed by atoms with E-state index in [9.17, 15) is 4.79 Å². The van der Waals surface area contributed by atoms with E-state index in [0.29, 0.717) is 12.2 Å². The van der Waals surface area contributed by atoms with E-state index in [4.69, 9.17) is 4.74 Å². The van der Waals surface area contributed by atoms with Crippen molar-refractivity contribution in [3.63, 3.8) is 0 Å². The monoisotopic (exact) mass is 460 g/mol. The van der Waals surface area contributed by atoms with E-state index in [1.165, 1.54) is 52.8 Å². The number of thiophene rings is 1. The van der Waals surface area contributed by atoms with E-state index in [-0.39, 0.29) is 5.97 Å². The van der Waals surface area contributed by atoms with Gasteiger partial charge in [0.05, 0.1) is 0 Å². The van der Waals surface area contributed by atoms with E-state index >= 15 is 0 Å². The van der Waals surface area contributed by atoms with Crippen LogP contribution < -0.4 is 4.74 Å². The minimum Gasteiger partial charge on any atom is -0.427 e. The molecule has 0 N–H and O–H groups in total. The third kappa shape index (κ3) is 3.63. The zero-order valence-corrected chi connectivity index (χ0v) is 19.8. The van der Waals surface area contributed by atoms with Crippen molar-refractivity contribution >= 4 is 59.0 Å². The number of benzene rings is 5. The van der Waals surface area contributed by atoms with E-state index < -0.39 is 0 Å². The van der Waals surface area contributed by atoms with Crippen LogP contribution in [0.2, 0.25) is 0 Å². The molecule has 0 aliphatic heterocycles. The normalized spacial score (nSPS) is 11.6. The molecule has 3 heteroatoms. The number of ether oxygens (including phenoxy) is 1. The minimum absolute atomic E-state index is 0.205. The predicted molar refractivity (Wildman–Crippen MR) is 144 cm³/mol. The Bertz CT molecular complexity index is 1680. The first-order valence-corrected chi connectivity index (χ1v) is 12.6. The maximum absolute atomic E-state index is 11.5. The number of carbonyl (C=O) groups is 1. The highest BCUT2D eigenvalue weighted by Gasteiger charge is 2.15. The van der Waals surface area contributed by atoms with Gasteiger partial charge < -0.3 is 4.74 Å². The molecule has 6 aromatic rings. The molecular weight excluding hydrogens is 436 g/mol. The summed E-state index contributed by atoms with van der Waals surface area (Å²) in [6, 6.07) is 32.2. The van der Waals surface area contributed by atoms with Crippen LogP contribution in [-0.4, -0.2) is 5.97 Å². The van der Waals surface area contributed by atoms with Crippen molar-refractivity contribution in [3.8, 4) is 5.75 Å². The van der Waals surface area contributed by atoms with Crippen molar-refractivity contribution in [3.05, 3.63) is 102 Å². The summed E-state index contributed by atoms with van der Waals surface area (Å²) in [5.41, 5.74) is 2.63. The van der Waals surface area contributed by atoms with Crippen LogP contribution in [0.15, 0.2) is 91.0 Å². The second-order valence-electron chi connectivity index (χ2n) is 8.69. The molecule has 0 saturated carbocycles. The van der Waals surface area contributed by atoms with Crippen LogP contribution in [0.4, 0.5) is 0 Å². The van der Waals surface area contributed by atoms with Gasteiger partial charge in [-0.3, -0.25) is 4.79 Å². The van der Waals surface area contributed by atoms with E-state index in [2.05, 4.69) is 78.9 Å². The molecule has 0 bridgehead atoms. The first kappa shape index (κ1) is 20.9. The smallest absolute Gasteiger partial charge is 0.310 e. The van der Waals surface area contributed by atoms with Gasteiger partial charge in [0.1, 0.15) is 5.75 Å². The van der Waals surface area contributed by atoms with Crippen LogP contribution in [0.1, 0.15) is 24.5 Å². The van der Waals surface area contributed by atoms with Gasteiger partial charge >= 0.3 is 5.97 Å². The summed E-state index contributed by atoms with van der Waals surface area (Å²) in [4.78, 5) is 11.5. The first-order chi connectivity index (χ1) is 16.7. The van der Waals surface area contributed by atoms with Gasteiger partial charge in [-0.15, -0.1) is 11.3 Å². The fraction of sp³-hybridized carbons (Fsp3) is 0.129. The van der Waals surface area contributed by atoms with Crippen molar-refractivity contribution in [2.75, 3.05) is 0 Å². The summed E-state index contributed by atoms with van der Waals surface area (Å²) in [5, 5.41) is 7.98. The summed E-state index contributed by atoms with van der Waals surface area (Å²) >= 11 is 1.91. The number of aryl methyl sites for hydroxylation is 2. The molecule has 0 aliphatic carbocycles. The number of fused-ring (bicyclic) bond motifs is 7. The zero-order chi connectivity index (χ0) is 23.1. The molecule has 0 saturated heterocycles. The maximum atomic E-state index is 11.5. The first-order valence-electron chi connectivity index (χ1n) is 11.8. The highest BCUT2D eigenvalue weighted by molar-refractivity contribution is 7.26. The Hall–Kier alpha value is -3.69. The molecule has 6 rings (SSSR count). The summed E-state index contributed by atoms with van der Waals surface area (Å²) in [6.07, 6.45) is 2.27. The average Bonchev–Trinajstić information content (AvgIpc) is 3.29. The lowest BCUT2D eigenvalue weighted by atomic mass is 9.95. The van der Waals surface area contributed by atoms with Crippen molar-refractivity contribution < 1.29 is 9.53 Å². The highest BCUT2D eigenvalue weighted by atomic mass is 32.1. The molecule has 0 fully saturated rings. The van der Waals surface area contributed by atoms with Crippen LogP contribution in [0.5, 0.6) is 5.75 Å². The molecular formula is C31H24O2S. The summed E-state index contributed by atoms with van der Waals surface area (Å²) < 4.78 is 8.05. The Kier molecular flexibility index (Phi) is 5.27. The molecule has 1 heterocycles. The Morgan fingerprint density at radius 3 is 2.24 bits per heavy atom. The maximum Gasteiger partial charge on any atom is 0.310 e. The molecule has 0 unspecified atom stereocenters. The summed E-state index contributed by atoms with van der Waals surface area (Å²) in [6.45, 7) is 1.80. The second-order valence-corrected chi connectivity index (χ2v) is 9.75. The van der Waals surface area contributed by atoms with Gasteiger partial charge in [-0.2, -0.15) is 0 Å². The van der Waals surface area contributed by atoms with E-state index in [1.807, 2.05) is 23.5 Å². The quantitative estimate of drug-likeness (QED) is 0.190. The van der Waals surface area contributed by atoms with E-state index in [1.54, 1.807) is 6.92 Å². The van der Waals surface area contributed by atoms with Gasteiger partial charge in [0.25, 0.3) is 0 Å². The van der Waals surface area contributed by atoms with Crippen molar-refractivity contribution in [1.82, 2.24) is 0 Å². The number of hydrogen-bond donors (Lipinski definition) is 0. The van der Waals surface area contributed by atoms with Crippen molar-refractivity contribution in [1.29, 1.82) is 0 Å². The Labute approximate surface area is 202 Å². The van der Waals surface area contributed by atoms with Crippen LogP contribution in [-0.2, 0) is 17.6 Å². The molecule has 0 atom stereocenters. The van der Waals surface area contributed by atoms with E-state index in [0.717, 1.165) is 12.8 Å². The van der Waals surface area contributed by atoms with Crippen molar-refractivity contribution in [2.24, 2.45) is 0 Å². The van der Waals surface area contributed by atoms with Crippen LogP contribution in [0, 0.1) is 0 Å². The lowest BCUT2D eigenvalue weighted by molar-refractivity contribution is -0.134. The highest BCUT2D eigenvalue weighted by Crippen LogP contribution is 2.43. The SMILES string of the molecule is CCC(=O)Oc1ccc(CCc2cc3ccccc3c3c2sc2ccc4ccccc4c23)cc1. The van der Waals surface area contributed by atoms with Gasteiger partial charge in [-0.25, -0.2) is 0 Å². The lowest BCUT2D eigenvalue weighted by Crippen LogP contribution is -2.05. The second kappa shape index (κ2) is 8.58. The number of carbonyl (C=O) groups excluding carboxylic acids is 1. The number of hydrogen-bond acceptors (Lipinski definition) is 3. The zero-order valence-electron chi connectivity index (χ0n) is 19.0. The summed E-state index contributed by atoms with van der Waals surface area (Å²) in [5.74, 6) is 0.406. The molecule has 2 nitrogen and oxygen atoms in total. The average molecular weight is 461 g/mol. The lowest BCUT2D eigenvalue weighted by Gasteiger charge is -2.09. The third-order valence-electron chi connectivity index (χ3n) is 6.56. The summed E-state index contributed by atoms with van der Waals surface area (Å²) in [7, 11) is 0. The minimum atomic E-state index is -0.205. The van der Waals surface area contributed by atoms with Crippen LogP contribution >= 0.6 is 11.3 Å². The molecule has 0 aliphatic rings. The van der Waals surface area contributed by atoms with Crippen LogP contribution in [0.3, 0.4) is 0 Å². The third-order valence-corrected chi connectivity index (χ3v) is 7.79. The Balaban J connectivity index is 1.45. The van der Waals surface area contributed by atoms with Gasteiger partial charge in [0.2, 0.25) is 0 Å². The number of esters is 1. The van der Waals surface area contributed by atoms with Gasteiger partial charge in [-0.05, 0) is 69.8 Å². The standard InChI is InChI=1S/C31H24O2S/c1-2-28(32)33-24-16-12-20(13-17-24)11-14-23-19-22-8-4-6-10-26(22)30-29-25-9-5-3-7-21(25)15-18-27(29)34-31(23)30/h3-10,12-13,15-19H,2,11,14H2,1H3. The fourth-order valence-electron chi connectivity index (χ4n) is 4.85. The molecule has 166 valence electrons. The van der Waals surface area contributed by atoms with Gasteiger partial charge in [0.15, 0.2) is 0 Å². The molecule has 0 amide bonds. The Morgan fingerprint density at radius 2 is 1.47 bits per heavy atom. The van der Waals surface area contributed by atoms with Gasteiger partial charge in [0, 0.05) is 26.6 Å². The topological polar surface area (TPSA) is 26.3 Å². The number of rotatable bonds is 5. The van der Waals surface area contributed by atoms with Gasteiger partial charge in [-0.1, -0.05) is 73.7 Å². The molecule has 1 aromatic heterocycles. The molecule has 34 heavy (non-hydrogen) atoms. The van der Waals surface area contributed by atoms with Crippen molar-refractivity contribution in [2.45, 2.75) is 26.2 Å². The fourth-order valence-corrected chi connectivity index (χ4v) is 6.12.